The van der Waals surface area contributed by atoms with E-state index >= 15 is 0 Å². The molecule has 0 radical (unpaired) electrons. The average molecular weight is 294 g/mol. The largest absolute Gasteiger partial charge is 0.461 e. The Bertz CT molecular complexity index is 448. The molecule has 1 unspecified atom stereocenters. The molecule has 1 aromatic carbocycles. The van der Waals surface area contributed by atoms with E-state index in [1.807, 2.05) is 6.07 Å². The molecule has 3 atom stereocenters. The van der Waals surface area contributed by atoms with E-state index in [9.17, 15) is 9.90 Å². The van der Waals surface area contributed by atoms with Gasteiger partial charge in [-0.05, 0) is 18.6 Å². The SMILES string of the molecule is C=CCO[C@H]1C[C@@H](COC(=O)c2ccccc2)SC1O. The smallest absolute Gasteiger partial charge is 0.338 e. The van der Waals surface area contributed by atoms with E-state index in [2.05, 4.69) is 6.58 Å². The van der Waals surface area contributed by atoms with Crippen LogP contribution in [0, 0.1) is 0 Å². The molecule has 1 saturated heterocycles. The highest BCUT2D eigenvalue weighted by Gasteiger charge is 2.34. The number of carbonyl (C=O) groups is 1. The quantitative estimate of drug-likeness (QED) is 0.644. The summed E-state index contributed by atoms with van der Waals surface area (Å²) in [6.07, 6.45) is 2.10. The summed E-state index contributed by atoms with van der Waals surface area (Å²) in [6.45, 7) is 4.27. The Labute approximate surface area is 122 Å². The van der Waals surface area contributed by atoms with Gasteiger partial charge in [0, 0.05) is 5.25 Å². The lowest BCUT2D eigenvalue weighted by Crippen LogP contribution is -2.21. The van der Waals surface area contributed by atoms with Gasteiger partial charge < -0.3 is 14.6 Å². The van der Waals surface area contributed by atoms with E-state index in [0.717, 1.165) is 0 Å². The standard InChI is InChI=1S/C15H18O4S/c1-2-8-18-13-9-12(20-15(13)17)10-19-14(16)11-6-4-3-5-7-11/h2-7,12-13,15,17H,1,8-10H2/t12-,13-,15?/m0/s1. The van der Waals surface area contributed by atoms with Crippen LogP contribution < -0.4 is 0 Å². The van der Waals surface area contributed by atoms with Crippen molar-refractivity contribution in [2.45, 2.75) is 23.2 Å². The highest BCUT2D eigenvalue weighted by molar-refractivity contribution is 8.00. The molecule has 4 nitrogen and oxygen atoms in total. The van der Waals surface area contributed by atoms with Crippen molar-refractivity contribution in [3.63, 3.8) is 0 Å². The third kappa shape index (κ3) is 4.10. The van der Waals surface area contributed by atoms with Gasteiger partial charge in [0.15, 0.2) is 0 Å². The van der Waals surface area contributed by atoms with Crippen LogP contribution in [-0.4, -0.2) is 41.1 Å². The zero-order valence-electron chi connectivity index (χ0n) is 11.1. The molecule has 1 aliphatic heterocycles. The number of hydrogen-bond donors (Lipinski definition) is 1. The van der Waals surface area contributed by atoms with Gasteiger partial charge in [-0.15, -0.1) is 18.3 Å². The third-order valence-electron chi connectivity index (χ3n) is 2.98. The Balaban J connectivity index is 1.78. The van der Waals surface area contributed by atoms with E-state index in [-0.39, 0.29) is 23.9 Å². The fraction of sp³-hybridized carbons (Fsp3) is 0.400. The predicted octanol–water partition coefficient (Wildman–Crippen LogP) is 2.24. The topological polar surface area (TPSA) is 55.8 Å². The van der Waals surface area contributed by atoms with Crippen molar-refractivity contribution in [1.29, 1.82) is 0 Å². The maximum Gasteiger partial charge on any atom is 0.338 e. The maximum absolute atomic E-state index is 11.8. The van der Waals surface area contributed by atoms with Crippen LogP contribution in [0.5, 0.6) is 0 Å². The molecule has 0 bridgehead atoms. The Morgan fingerprint density at radius 2 is 2.20 bits per heavy atom. The summed E-state index contributed by atoms with van der Waals surface area (Å²) in [5.74, 6) is -0.337. The molecular formula is C15H18O4S. The molecule has 0 saturated carbocycles. The summed E-state index contributed by atoms with van der Waals surface area (Å²) in [6, 6.07) is 8.87. The summed E-state index contributed by atoms with van der Waals surface area (Å²) in [5.41, 5.74) is -0.0362. The molecule has 0 spiro atoms. The summed E-state index contributed by atoms with van der Waals surface area (Å²) in [5, 5.41) is 9.89. The number of aliphatic hydroxyl groups is 1. The molecule has 0 aliphatic carbocycles. The van der Waals surface area contributed by atoms with Crippen LogP contribution >= 0.6 is 11.8 Å². The van der Waals surface area contributed by atoms with Crippen molar-refractivity contribution in [2.24, 2.45) is 0 Å². The van der Waals surface area contributed by atoms with Gasteiger partial charge in [0.05, 0.1) is 18.3 Å². The second-order valence-corrected chi connectivity index (χ2v) is 5.93. The zero-order valence-corrected chi connectivity index (χ0v) is 11.9. The molecule has 108 valence electrons. The van der Waals surface area contributed by atoms with Crippen LogP contribution in [0.3, 0.4) is 0 Å². The normalized spacial score (nSPS) is 25.4. The van der Waals surface area contributed by atoms with Crippen molar-refractivity contribution < 1.29 is 19.4 Å². The van der Waals surface area contributed by atoms with Crippen molar-refractivity contribution in [2.75, 3.05) is 13.2 Å². The Hall–Kier alpha value is -1.30. The monoisotopic (exact) mass is 294 g/mol. The number of benzene rings is 1. The molecule has 1 aliphatic rings. The first-order valence-corrected chi connectivity index (χ1v) is 7.43. The summed E-state index contributed by atoms with van der Waals surface area (Å²) in [7, 11) is 0. The van der Waals surface area contributed by atoms with E-state index in [0.29, 0.717) is 18.6 Å². The number of thioether (sulfide) groups is 1. The number of carbonyl (C=O) groups excluding carboxylic acids is 1. The van der Waals surface area contributed by atoms with Crippen molar-refractivity contribution in [3.8, 4) is 0 Å². The first kappa shape index (κ1) is 15.1. The molecule has 1 aromatic rings. The molecule has 0 aromatic heterocycles. The lowest BCUT2D eigenvalue weighted by molar-refractivity contribution is 0.0132. The maximum atomic E-state index is 11.8. The molecule has 20 heavy (non-hydrogen) atoms. The third-order valence-corrected chi connectivity index (χ3v) is 4.28. The molecule has 1 fully saturated rings. The number of rotatable bonds is 6. The minimum absolute atomic E-state index is 0.0625. The molecule has 0 amide bonds. The fourth-order valence-electron chi connectivity index (χ4n) is 1.99. The number of aliphatic hydroxyl groups excluding tert-OH is 1. The van der Waals surface area contributed by atoms with Gasteiger partial charge in [-0.25, -0.2) is 4.79 Å². The van der Waals surface area contributed by atoms with Crippen molar-refractivity contribution in [1.82, 2.24) is 0 Å². The molecule has 1 N–H and O–H groups in total. The first-order chi connectivity index (χ1) is 9.70. The van der Waals surface area contributed by atoms with Gasteiger partial charge in [-0.3, -0.25) is 0 Å². The summed E-state index contributed by atoms with van der Waals surface area (Å²) < 4.78 is 10.7. The van der Waals surface area contributed by atoms with Gasteiger partial charge in [0.25, 0.3) is 0 Å². The predicted molar refractivity (Wildman–Crippen MR) is 78.7 cm³/mol. The molecule has 5 heteroatoms. The van der Waals surface area contributed by atoms with Gasteiger partial charge in [0.2, 0.25) is 0 Å². The fourth-order valence-corrected chi connectivity index (χ4v) is 3.20. The van der Waals surface area contributed by atoms with Crippen molar-refractivity contribution in [3.05, 3.63) is 48.6 Å². The van der Waals surface area contributed by atoms with E-state index in [4.69, 9.17) is 9.47 Å². The van der Waals surface area contributed by atoms with Crippen LogP contribution in [0.15, 0.2) is 43.0 Å². The Morgan fingerprint density at radius 3 is 2.90 bits per heavy atom. The molecule has 2 rings (SSSR count). The zero-order chi connectivity index (χ0) is 14.4. The van der Waals surface area contributed by atoms with Crippen LogP contribution in [0.25, 0.3) is 0 Å². The summed E-state index contributed by atoms with van der Waals surface area (Å²) in [4.78, 5) is 11.8. The van der Waals surface area contributed by atoms with E-state index < -0.39 is 5.44 Å². The first-order valence-electron chi connectivity index (χ1n) is 6.49. The highest BCUT2D eigenvalue weighted by Crippen LogP contribution is 2.34. The second kappa shape index (κ2) is 7.47. The van der Waals surface area contributed by atoms with E-state index in [1.165, 1.54) is 11.8 Å². The average Bonchev–Trinajstić information content (AvgIpc) is 2.84. The van der Waals surface area contributed by atoms with Crippen LogP contribution in [0.2, 0.25) is 0 Å². The van der Waals surface area contributed by atoms with Gasteiger partial charge in [-0.2, -0.15) is 0 Å². The summed E-state index contributed by atoms with van der Waals surface area (Å²) >= 11 is 1.38. The lowest BCUT2D eigenvalue weighted by Gasteiger charge is -2.12. The van der Waals surface area contributed by atoms with Gasteiger partial charge in [0.1, 0.15) is 12.0 Å². The minimum atomic E-state index is -0.574. The number of hydrogen-bond acceptors (Lipinski definition) is 5. The number of ether oxygens (including phenoxy) is 2. The molecule has 1 heterocycles. The number of esters is 1. The highest BCUT2D eigenvalue weighted by atomic mass is 32.2. The van der Waals surface area contributed by atoms with E-state index in [1.54, 1.807) is 30.3 Å². The Kier molecular flexibility index (Phi) is 5.64. The Morgan fingerprint density at radius 1 is 1.45 bits per heavy atom. The van der Waals surface area contributed by atoms with Crippen molar-refractivity contribution >= 4 is 17.7 Å². The molecular weight excluding hydrogens is 276 g/mol. The van der Waals surface area contributed by atoms with Crippen LogP contribution in [0.1, 0.15) is 16.8 Å². The van der Waals surface area contributed by atoms with Crippen LogP contribution in [0.4, 0.5) is 0 Å². The minimum Gasteiger partial charge on any atom is -0.461 e. The lowest BCUT2D eigenvalue weighted by atomic mass is 10.2. The van der Waals surface area contributed by atoms with Gasteiger partial charge in [-0.1, -0.05) is 24.3 Å². The van der Waals surface area contributed by atoms with Gasteiger partial charge >= 0.3 is 5.97 Å². The second-order valence-electron chi connectivity index (χ2n) is 4.51. The van der Waals surface area contributed by atoms with Crippen LogP contribution in [-0.2, 0) is 9.47 Å².